The zero-order valence-corrected chi connectivity index (χ0v) is 16.4. The van der Waals surface area contributed by atoms with Crippen molar-refractivity contribution in [3.05, 3.63) is 17.5 Å². The molecular formula is C21H33N3O3. The molecule has 0 unspecified atom stereocenters. The Bertz CT molecular complexity index is 630. The van der Waals surface area contributed by atoms with Crippen LogP contribution in [0.3, 0.4) is 0 Å². The zero-order valence-electron chi connectivity index (χ0n) is 16.4. The largest absolute Gasteiger partial charge is 0.395 e. The van der Waals surface area contributed by atoms with Gasteiger partial charge in [-0.3, -0.25) is 9.69 Å². The number of carbonyl (C=O) groups is 1. The Balaban J connectivity index is 1.29. The summed E-state index contributed by atoms with van der Waals surface area (Å²) in [6.07, 6.45) is 10.4. The van der Waals surface area contributed by atoms with Crippen molar-refractivity contribution in [2.45, 2.75) is 70.3 Å². The van der Waals surface area contributed by atoms with Crippen LogP contribution in [0.25, 0.3) is 0 Å². The molecule has 0 aromatic carbocycles. The maximum Gasteiger partial charge on any atom is 0.222 e. The molecule has 3 fully saturated rings. The Morgan fingerprint density at radius 2 is 1.96 bits per heavy atom. The van der Waals surface area contributed by atoms with Crippen molar-refractivity contribution in [2.75, 3.05) is 32.8 Å². The quantitative estimate of drug-likeness (QED) is 0.857. The Hall–Kier alpha value is -1.40. The number of aliphatic hydroxyl groups is 1. The van der Waals surface area contributed by atoms with Crippen LogP contribution >= 0.6 is 0 Å². The number of nitrogens with zero attached hydrogens (tertiary/aromatic N) is 3. The molecular weight excluding hydrogens is 342 g/mol. The summed E-state index contributed by atoms with van der Waals surface area (Å²) in [6.45, 7) is 4.28. The van der Waals surface area contributed by atoms with E-state index in [9.17, 15) is 9.90 Å². The van der Waals surface area contributed by atoms with E-state index in [1.54, 1.807) is 0 Å². The molecule has 0 radical (unpaired) electrons. The third kappa shape index (κ3) is 4.37. The second-order valence-electron chi connectivity index (χ2n) is 8.87. The molecule has 0 atom stereocenters. The predicted octanol–water partition coefficient (Wildman–Crippen LogP) is 2.92. The summed E-state index contributed by atoms with van der Waals surface area (Å²) in [4.78, 5) is 16.4. The minimum Gasteiger partial charge on any atom is -0.395 e. The number of rotatable bonds is 5. The van der Waals surface area contributed by atoms with Crippen molar-refractivity contribution in [3.63, 3.8) is 0 Å². The Kier molecular flexibility index (Phi) is 5.83. The SMILES string of the molecule is O=C1CCC2(CCN(Cc3cc(C4CCCCC4)no3)CC2)CN1CCO. The van der Waals surface area contributed by atoms with Gasteiger partial charge in [0.1, 0.15) is 0 Å². The first kappa shape index (κ1) is 18.9. The van der Waals surface area contributed by atoms with Crippen LogP contribution in [-0.4, -0.2) is 58.8 Å². The van der Waals surface area contributed by atoms with Crippen molar-refractivity contribution >= 4 is 5.91 Å². The van der Waals surface area contributed by atoms with Gasteiger partial charge in [0.25, 0.3) is 0 Å². The second kappa shape index (κ2) is 8.31. The highest BCUT2D eigenvalue weighted by atomic mass is 16.5. The van der Waals surface area contributed by atoms with Gasteiger partial charge >= 0.3 is 0 Å². The number of aliphatic hydroxyl groups excluding tert-OH is 1. The van der Waals surface area contributed by atoms with Crippen molar-refractivity contribution in [1.82, 2.24) is 15.0 Å². The Morgan fingerprint density at radius 1 is 1.19 bits per heavy atom. The first-order chi connectivity index (χ1) is 13.2. The number of piperidine rings is 2. The van der Waals surface area contributed by atoms with Gasteiger partial charge in [-0.2, -0.15) is 0 Å². The molecule has 1 N–H and O–H groups in total. The summed E-state index contributed by atoms with van der Waals surface area (Å²) in [5.41, 5.74) is 1.40. The molecule has 1 spiro atoms. The van der Waals surface area contributed by atoms with Crippen molar-refractivity contribution in [3.8, 4) is 0 Å². The summed E-state index contributed by atoms with van der Waals surface area (Å²) in [7, 11) is 0. The van der Waals surface area contributed by atoms with Gasteiger partial charge in [0.05, 0.1) is 18.8 Å². The van der Waals surface area contributed by atoms with E-state index in [4.69, 9.17) is 4.52 Å². The fourth-order valence-corrected chi connectivity index (χ4v) is 5.24. The van der Waals surface area contributed by atoms with Crippen LogP contribution in [0.15, 0.2) is 10.6 Å². The predicted molar refractivity (Wildman–Crippen MR) is 102 cm³/mol. The second-order valence-corrected chi connectivity index (χ2v) is 8.87. The lowest BCUT2D eigenvalue weighted by atomic mass is 9.72. The van der Waals surface area contributed by atoms with Gasteiger partial charge < -0.3 is 14.5 Å². The lowest BCUT2D eigenvalue weighted by Crippen LogP contribution is -2.51. The molecule has 2 aliphatic heterocycles. The van der Waals surface area contributed by atoms with Crippen LogP contribution < -0.4 is 0 Å². The molecule has 6 heteroatoms. The molecule has 1 aromatic rings. The van der Waals surface area contributed by atoms with Gasteiger partial charge in [0.2, 0.25) is 5.91 Å². The normalized spacial score (nSPS) is 24.6. The lowest BCUT2D eigenvalue weighted by Gasteiger charge is -2.47. The van der Waals surface area contributed by atoms with E-state index in [-0.39, 0.29) is 17.9 Å². The standard InChI is InChI=1S/C21H33N3O3/c25-13-12-24-16-21(7-6-20(24)26)8-10-23(11-9-21)15-18-14-19(22-27-18)17-4-2-1-3-5-17/h14,17,25H,1-13,15-16H2. The average molecular weight is 376 g/mol. The van der Waals surface area contributed by atoms with E-state index in [0.717, 1.165) is 56.9 Å². The van der Waals surface area contributed by atoms with Crippen LogP contribution in [0.2, 0.25) is 0 Å². The maximum absolute atomic E-state index is 12.0. The molecule has 2 saturated heterocycles. The summed E-state index contributed by atoms with van der Waals surface area (Å²) < 4.78 is 5.65. The van der Waals surface area contributed by atoms with Gasteiger partial charge in [0, 0.05) is 31.5 Å². The molecule has 0 bridgehead atoms. The molecule has 27 heavy (non-hydrogen) atoms. The number of hydrogen-bond donors (Lipinski definition) is 1. The monoisotopic (exact) mass is 375 g/mol. The van der Waals surface area contributed by atoms with Crippen LogP contribution in [0.5, 0.6) is 0 Å². The van der Waals surface area contributed by atoms with Crippen molar-refractivity contribution in [1.29, 1.82) is 0 Å². The van der Waals surface area contributed by atoms with E-state index >= 15 is 0 Å². The summed E-state index contributed by atoms with van der Waals surface area (Å²) >= 11 is 0. The number of β-amino-alcohol motifs (C(OH)–C–C–N with tert-alkyl or cyclic N) is 1. The summed E-state index contributed by atoms with van der Waals surface area (Å²) in [5.74, 6) is 1.79. The van der Waals surface area contributed by atoms with Gasteiger partial charge in [-0.05, 0) is 50.6 Å². The fraction of sp³-hybridized carbons (Fsp3) is 0.810. The minimum atomic E-state index is 0.0583. The Morgan fingerprint density at radius 3 is 2.70 bits per heavy atom. The van der Waals surface area contributed by atoms with Crippen molar-refractivity contribution in [2.24, 2.45) is 5.41 Å². The molecule has 1 aromatic heterocycles. The van der Waals surface area contributed by atoms with Gasteiger partial charge in [0.15, 0.2) is 5.76 Å². The third-order valence-corrected chi connectivity index (χ3v) is 7.01. The van der Waals surface area contributed by atoms with E-state index < -0.39 is 0 Å². The van der Waals surface area contributed by atoms with E-state index in [0.29, 0.717) is 18.9 Å². The molecule has 1 aliphatic carbocycles. The van der Waals surface area contributed by atoms with Crippen LogP contribution in [0.4, 0.5) is 0 Å². The topological polar surface area (TPSA) is 69.8 Å². The average Bonchev–Trinajstić information content (AvgIpc) is 3.16. The highest BCUT2D eigenvalue weighted by Gasteiger charge is 2.40. The fourth-order valence-electron chi connectivity index (χ4n) is 5.24. The molecule has 3 heterocycles. The molecule has 1 amide bonds. The summed E-state index contributed by atoms with van der Waals surface area (Å²) in [5, 5.41) is 13.6. The van der Waals surface area contributed by atoms with Crippen LogP contribution in [0.1, 0.15) is 75.2 Å². The lowest BCUT2D eigenvalue weighted by molar-refractivity contribution is -0.139. The number of likely N-dealkylation sites (tertiary alicyclic amines) is 2. The number of carbonyl (C=O) groups excluding carboxylic acids is 1. The van der Waals surface area contributed by atoms with Crippen LogP contribution in [-0.2, 0) is 11.3 Å². The Labute approximate surface area is 161 Å². The number of aromatic nitrogens is 1. The molecule has 6 nitrogen and oxygen atoms in total. The number of hydrogen-bond acceptors (Lipinski definition) is 5. The van der Waals surface area contributed by atoms with Gasteiger partial charge in [-0.1, -0.05) is 24.4 Å². The van der Waals surface area contributed by atoms with E-state index in [1.807, 2.05) is 4.90 Å². The molecule has 4 rings (SSSR count). The third-order valence-electron chi connectivity index (χ3n) is 7.01. The highest BCUT2D eigenvalue weighted by molar-refractivity contribution is 5.77. The number of amides is 1. The minimum absolute atomic E-state index is 0.0583. The highest BCUT2D eigenvalue weighted by Crippen LogP contribution is 2.40. The molecule has 1 saturated carbocycles. The van der Waals surface area contributed by atoms with Crippen LogP contribution in [0, 0.1) is 5.41 Å². The molecule has 3 aliphatic rings. The van der Waals surface area contributed by atoms with Gasteiger partial charge in [-0.25, -0.2) is 0 Å². The van der Waals surface area contributed by atoms with E-state index in [2.05, 4.69) is 16.1 Å². The first-order valence-electron chi connectivity index (χ1n) is 10.7. The van der Waals surface area contributed by atoms with Crippen molar-refractivity contribution < 1.29 is 14.4 Å². The smallest absolute Gasteiger partial charge is 0.222 e. The molecule has 150 valence electrons. The van der Waals surface area contributed by atoms with E-state index in [1.165, 1.54) is 32.1 Å². The maximum atomic E-state index is 12.0. The zero-order chi connectivity index (χ0) is 18.7. The summed E-state index contributed by atoms with van der Waals surface area (Å²) in [6, 6.07) is 2.18. The first-order valence-corrected chi connectivity index (χ1v) is 10.7. The van der Waals surface area contributed by atoms with Gasteiger partial charge in [-0.15, -0.1) is 0 Å².